The molecule has 172 valence electrons. The highest BCUT2D eigenvalue weighted by Crippen LogP contribution is 2.14. The molecule has 0 spiro atoms. The van der Waals surface area contributed by atoms with Crippen LogP contribution in [0.3, 0.4) is 0 Å². The Morgan fingerprint density at radius 1 is 1.19 bits per heavy atom. The largest absolute Gasteiger partial charge is 0.480 e. The number of carboxylic acids is 1. The molecule has 1 aliphatic rings. The summed E-state index contributed by atoms with van der Waals surface area (Å²) in [5.74, 6) is -0.715. The molecule has 3 rings (SSSR count). The van der Waals surface area contributed by atoms with Crippen molar-refractivity contribution >= 4 is 33.8 Å². The average molecular weight is 465 g/mol. The fourth-order valence-corrected chi connectivity index (χ4v) is 3.34. The van der Waals surface area contributed by atoms with Gasteiger partial charge in [-0.25, -0.2) is 0 Å². The quantitative estimate of drug-likeness (QED) is 0.463. The molecule has 4 N–H and O–H groups in total. The molecule has 1 unspecified atom stereocenters. The second-order valence-electron chi connectivity index (χ2n) is 7.07. The van der Waals surface area contributed by atoms with Gasteiger partial charge < -0.3 is 15.7 Å². The van der Waals surface area contributed by atoms with Gasteiger partial charge in [-0.15, -0.1) is 0 Å². The summed E-state index contributed by atoms with van der Waals surface area (Å²) in [6, 6.07) is 11.6. The summed E-state index contributed by atoms with van der Waals surface area (Å²) >= 11 is 0. The number of nitrogens with zero attached hydrogens (tertiary/aromatic N) is 1. The zero-order valence-corrected chi connectivity index (χ0v) is 18.4. The maximum absolute atomic E-state index is 12.6. The number of rotatable bonds is 7. The number of amides is 1. The molecule has 9 nitrogen and oxygen atoms in total. The van der Waals surface area contributed by atoms with Crippen LogP contribution in [0.15, 0.2) is 53.5 Å². The van der Waals surface area contributed by atoms with Crippen molar-refractivity contribution in [3.8, 4) is 0 Å². The molecule has 2 aromatic rings. The maximum atomic E-state index is 12.6. The summed E-state index contributed by atoms with van der Waals surface area (Å²) in [6.07, 6.45) is -0.245. The lowest BCUT2D eigenvalue weighted by atomic mass is 10.1. The number of carbonyl (C=O) groups is 2. The van der Waals surface area contributed by atoms with E-state index in [9.17, 15) is 21.9 Å². The van der Waals surface area contributed by atoms with Crippen molar-refractivity contribution in [1.82, 2.24) is 10.0 Å². The number of halogens is 1. The van der Waals surface area contributed by atoms with Crippen LogP contribution in [0.1, 0.15) is 28.4 Å². The molecule has 1 aliphatic heterocycles. The third kappa shape index (κ3) is 8.82. The maximum Gasteiger partial charge on any atom is 0.373 e. The van der Waals surface area contributed by atoms with Crippen molar-refractivity contribution < 1.29 is 27.0 Å². The second kappa shape index (κ2) is 11.3. The number of aliphatic carboxylic acids is 1. The first-order valence-corrected chi connectivity index (χ1v) is 11.1. The summed E-state index contributed by atoms with van der Waals surface area (Å²) in [6.45, 7) is 5.85. The standard InChI is InChI=1S/C17H17FN2O5S.C4H8N2/c1-11-3-2-4-13(9-11)16(21)19-14-7-5-12(6-8-14)10-15(17(22)23)20-26(18,24)25;1-4-5-2-3-6-4/h2-9,15,20H,10H2,1H3,(H,19,21)(H,22,23);2-3H2,1H3,(H,5,6). The van der Waals surface area contributed by atoms with Gasteiger partial charge in [-0.05, 0) is 50.1 Å². The SMILES string of the molecule is CC1=NCCN1.Cc1cccc(C(=O)Nc2ccc(CC(NS(=O)(=O)F)C(=O)O)cc2)c1. The highest BCUT2D eigenvalue weighted by Gasteiger charge is 2.23. The fraction of sp³-hybridized carbons (Fsp3) is 0.286. The van der Waals surface area contributed by atoms with E-state index in [1.807, 2.05) is 19.9 Å². The van der Waals surface area contributed by atoms with E-state index in [0.717, 1.165) is 24.5 Å². The fourth-order valence-electron chi connectivity index (χ4n) is 2.82. The van der Waals surface area contributed by atoms with Gasteiger partial charge in [0, 0.05) is 17.8 Å². The van der Waals surface area contributed by atoms with Gasteiger partial charge in [-0.2, -0.15) is 13.1 Å². The van der Waals surface area contributed by atoms with E-state index in [2.05, 4.69) is 15.6 Å². The molecule has 11 heteroatoms. The van der Waals surface area contributed by atoms with Crippen LogP contribution in [0.4, 0.5) is 9.57 Å². The van der Waals surface area contributed by atoms with Gasteiger partial charge in [0.2, 0.25) is 0 Å². The Morgan fingerprint density at radius 2 is 1.88 bits per heavy atom. The van der Waals surface area contributed by atoms with E-state index in [1.54, 1.807) is 30.3 Å². The Hall–Kier alpha value is -3.31. The van der Waals surface area contributed by atoms with E-state index in [4.69, 9.17) is 5.11 Å². The molecule has 0 aromatic heterocycles. The number of carbonyl (C=O) groups excluding carboxylic acids is 1. The lowest BCUT2D eigenvalue weighted by molar-refractivity contribution is -0.138. The Kier molecular flexibility index (Phi) is 8.85. The number of nitrogens with one attached hydrogen (secondary N) is 3. The van der Waals surface area contributed by atoms with Crippen LogP contribution in [-0.2, 0) is 21.6 Å². The second-order valence-corrected chi connectivity index (χ2v) is 8.18. The number of anilines is 1. The number of carboxylic acid groups (broad SMARTS) is 1. The monoisotopic (exact) mass is 464 g/mol. The molecule has 0 saturated carbocycles. The first-order valence-electron chi connectivity index (χ1n) is 9.70. The topological polar surface area (TPSA) is 137 Å². The molecule has 32 heavy (non-hydrogen) atoms. The summed E-state index contributed by atoms with van der Waals surface area (Å²) < 4.78 is 35.2. The van der Waals surface area contributed by atoms with E-state index in [1.165, 1.54) is 16.9 Å². The molecule has 0 fully saturated rings. The van der Waals surface area contributed by atoms with Crippen LogP contribution in [0.25, 0.3) is 0 Å². The molecule has 0 saturated heterocycles. The van der Waals surface area contributed by atoms with Gasteiger partial charge in [-0.3, -0.25) is 14.6 Å². The summed E-state index contributed by atoms with van der Waals surface area (Å²) in [4.78, 5) is 27.2. The minimum Gasteiger partial charge on any atom is -0.480 e. The highest BCUT2D eigenvalue weighted by atomic mass is 32.3. The molecule has 0 bridgehead atoms. The molecule has 1 atom stereocenters. The minimum absolute atomic E-state index is 0.245. The van der Waals surface area contributed by atoms with Crippen molar-refractivity contribution in [2.24, 2.45) is 4.99 Å². The Balaban J connectivity index is 0.000000520. The van der Waals surface area contributed by atoms with Gasteiger partial charge in [0.15, 0.2) is 0 Å². The smallest absolute Gasteiger partial charge is 0.373 e. The third-order valence-corrected chi connectivity index (χ3v) is 4.92. The number of hydrogen-bond acceptors (Lipinski definition) is 6. The average Bonchev–Trinajstić information content (AvgIpc) is 3.19. The summed E-state index contributed by atoms with van der Waals surface area (Å²) in [5.41, 5.74) is 2.39. The molecular weight excluding hydrogens is 439 g/mol. The van der Waals surface area contributed by atoms with E-state index >= 15 is 0 Å². The van der Waals surface area contributed by atoms with Crippen molar-refractivity contribution in [3.05, 3.63) is 65.2 Å². The Morgan fingerprint density at radius 3 is 2.34 bits per heavy atom. The lowest BCUT2D eigenvalue weighted by Crippen LogP contribution is -2.40. The van der Waals surface area contributed by atoms with Crippen LogP contribution in [0.5, 0.6) is 0 Å². The zero-order valence-electron chi connectivity index (χ0n) is 17.6. The number of benzene rings is 2. The molecular formula is C21H25FN4O5S. The third-order valence-electron chi connectivity index (χ3n) is 4.35. The van der Waals surface area contributed by atoms with Gasteiger partial charge in [0.1, 0.15) is 6.04 Å². The van der Waals surface area contributed by atoms with Crippen LogP contribution >= 0.6 is 0 Å². The van der Waals surface area contributed by atoms with Gasteiger partial charge in [0.05, 0.1) is 12.4 Å². The van der Waals surface area contributed by atoms with Crippen LogP contribution in [0, 0.1) is 6.92 Å². The van der Waals surface area contributed by atoms with Gasteiger partial charge >= 0.3 is 16.4 Å². The summed E-state index contributed by atoms with van der Waals surface area (Å²) in [7, 11) is -5.13. The molecule has 1 heterocycles. The first-order chi connectivity index (χ1) is 15.0. The zero-order chi connectivity index (χ0) is 23.7. The predicted octanol–water partition coefficient (Wildman–Crippen LogP) is 2.05. The van der Waals surface area contributed by atoms with Crippen molar-refractivity contribution in [1.29, 1.82) is 0 Å². The first kappa shape index (κ1) is 25.0. The number of aliphatic imine (C=N–C) groups is 1. The number of aryl methyl sites for hydroxylation is 1. The van der Waals surface area contributed by atoms with E-state index < -0.39 is 22.4 Å². The number of amidine groups is 1. The van der Waals surface area contributed by atoms with Crippen LogP contribution in [0.2, 0.25) is 0 Å². The Labute approximate surface area is 186 Å². The minimum atomic E-state index is -5.13. The van der Waals surface area contributed by atoms with Gasteiger partial charge in [0.25, 0.3) is 5.91 Å². The highest BCUT2D eigenvalue weighted by molar-refractivity contribution is 7.84. The van der Waals surface area contributed by atoms with E-state index in [0.29, 0.717) is 16.8 Å². The molecule has 1 amide bonds. The van der Waals surface area contributed by atoms with Gasteiger partial charge in [-0.1, -0.05) is 33.7 Å². The predicted molar refractivity (Wildman–Crippen MR) is 120 cm³/mol. The molecule has 2 aromatic carbocycles. The van der Waals surface area contributed by atoms with Crippen molar-refractivity contribution in [2.75, 3.05) is 18.4 Å². The lowest BCUT2D eigenvalue weighted by Gasteiger charge is -2.12. The summed E-state index contributed by atoms with van der Waals surface area (Å²) in [5, 5.41) is 14.7. The van der Waals surface area contributed by atoms with Crippen molar-refractivity contribution in [3.63, 3.8) is 0 Å². The van der Waals surface area contributed by atoms with Crippen molar-refractivity contribution in [2.45, 2.75) is 26.3 Å². The van der Waals surface area contributed by atoms with Crippen LogP contribution in [-0.4, -0.2) is 50.4 Å². The normalized spacial score (nSPS) is 13.8. The van der Waals surface area contributed by atoms with E-state index in [-0.39, 0.29) is 12.3 Å². The molecule has 0 radical (unpaired) electrons. The number of hydrogen-bond donors (Lipinski definition) is 4. The Bertz CT molecular complexity index is 1090. The van der Waals surface area contributed by atoms with Crippen LogP contribution < -0.4 is 15.4 Å². The molecule has 0 aliphatic carbocycles.